The zero-order valence-corrected chi connectivity index (χ0v) is 21.7. The van der Waals surface area contributed by atoms with Gasteiger partial charge in [0.2, 0.25) is 0 Å². The fourth-order valence-corrected chi connectivity index (χ4v) is 5.29. The lowest BCUT2D eigenvalue weighted by Crippen LogP contribution is -2.34. The van der Waals surface area contributed by atoms with Gasteiger partial charge in [0.15, 0.2) is 0 Å². The standard InChI is InChI=1S/C37H24N3/c38-25-32-11-7-8-14-35(32)31-22-18-27-17-21-30(23-33(27)24-31)26-15-19-29(20-16-26)37-39-36(28-9-3-1-4-10-28)40(37)34-12-5-2-6-13-34/h1-24H/q+1. The SMILES string of the molecule is N#Cc1ccccc1-c1ccc2ccc(-c3ccc(C4=[N+](c5ccccc5)C(c5ccccc5)=N4)cc3)cc2c1. The van der Waals surface area contributed by atoms with Crippen LogP contribution in [0.3, 0.4) is 0 Å². The average Bonchev–Trinajstić information content (AvgIpc) is 3.01. The fraction of sp³-hybridized carbons (Fsp3) is 0. The first kappa shape index (κ1) is 23.5. The van der Waals surface area contributed by atoms with E-state index in [1.807, 2.05) is 48.5 Å². The first-order valence-electron chi connectivity index (χ1n) is 13.3. The number of hydrogen-bond donors (Lipinski definition) is 0. The molecule has 0 amide bonds. The predicted molar refractivity (Wildman–Crippen MR) is 163 cm³/mol. The highest BCUT2D eigenvalue weighted by Gasteiger charge is 2.32. The molecule has 0 unspecified atom stereocenters. The molecule has 0 bridgehead atoms. The van der Waals surface area contributed by atoms with Crippen molar-refractivity contribution in [1.82, 2.24) is 0 Å². The van der Waals surface area contributed by atoms with Gasteiger partial charge in [-0.3, -0.25) is 0 Å². The molecule has 0 aromatic heterocycles. The summed E-state index contributed by atoms with van der Waals surface area (Å²) in [4.78, 5) is 4.95. The predicted octanol–water partition coefficient (Wildman–Crippen LogP) is 8.60. The highest BCUT2D eigenvalue weighted by molar-refractivity contribution is 6.16. The maximum Gasteiger partial charge on any atom is 0.279 e. The second-order valence-corrected chi connectivity index (χ2v) is 9.81. The van der Waals surface area contributed by atoms with Crippen molar-refractivity contribution in [1.29, 1.82) is 5.26 Å². The number of amidine groups is 2. The molecule has 0 saturated heterocycles. The molecule has 0 saturated carbocycles. The van der Waals surface area contributed by atoms with Gasteiger partial charge < -0.3 is 0 Å². The van der Waals surface area contributed by atoms with E-state index in [0.717, 1.165) is 56.1 Å². The molecular formula is C37H24N3+. The summed E-state index contributed by atoms with van der Waals surface area (Å²) in [5, 5.41) is 11.9. The Bertz CT molecular complexity index is 1980. The Hall–Kier alpha value is -5.59. The van der Waals surface area contributed by atoms with Crippen LogP contribution in [0.15, 0.2) is 151 Å². The van der Waals surface area contributed by atoms with Crippen molar-refractivity contribution in [2.24, 2.45) is 4.99 Å². The first-order chi connectivity index (χ1) is 19.8. The van der Waals surface area contributed by atoms with Gasteiger partial charge in [-0.1, -0.05) is 96.0 Å². The third kappa shape index (κ3) is 4.18. The van der Waals surface area contributed by atoms with Crippen LogP contribution in [-0.2, 0) is 0 Å². The van der Waals surface area contributed by atoms with Crippen LogP contribution in [0.5, 0.6) is 0 Å². The Morgan fingerprint density at radius 3 is 1.85 bits per heavy atom. The molecule has 0 atom stereocenters. The summed E-state index contributed by atoms with van der Waals surface area (Å²) in [6.45, 7) is 0. The number of benzene rings is 6. The number of aliphatic imine (C=N–C) groups is 1. The van der Waals surface area contributed by atoms with Gasteiger partial charge in [-0.2, -0.15) is 9.84 Å². The summed E-state index contributed by atoms with van der Waals surface area (Å²) in [5.74, 6) is 1.89. The van der Waals surface area contributed by atoms with E-state index in [-0.39, 0.29) is 0 Å². The number of para-hydroxylation sites is 1. The van der Waals surface area contributed by atoms with Gasteiger partial charge >= 0.3 is 0 Å². The summed E-state index contributed by atoms with van der Waals surface area (Å²) in [6.07, 6.45) is 0. The summed E-state index contributed by atoms with van der Waals surface area (Å²) in [7, 11) is 0. The molecule has 0 aliphatic carbocycles. The minimum Gasteiger partial charge on any atom is -0.192 e. The van der Waals surface area contributed by atoms with Crippen LogP contribution >= 0.6 is 0 Å². The third-order valence-electron chi connectivity index (χ3n) is 7.36. The molecule has 3 heteroatoms. The highest BCUT2D eigenvalue weighted by Crippen LogP contribution is 2.31. The van der Waals surface area contributed by atoms with Crippen LogP contribution in [0.2, 0.25) is 0 Å². The van der Waals surface area contributed by atoms with Gasteiger partial charge in [0, 0.05) is 0 Å². The van der Waals surface area contributed by atoms with Gasteiger partial charge in [-0.15, -0.1) is 0 Å². The zero-order valence-electron chi connectivity index (χ0n) is 21.7. The van der Waals surface area contributed by atoms with E-state index < -0.39 is 0 Å². The second kappa shape index (κ2) is 9.94. The van der Waals surface area contributed by atoms with E-state index in [4.69, 9.17) is 4.99 Å². The summed E-state index contributed by atoms with van der Waals surface area (Å²) in [5.41, 5.74) is 8.25. The molecule has 1 aliphatic heterocycles. The normalized spacial score (nSPS) is 12.5. The van der Waals surface area contributed by atoms with Crippen LogP contribution in [-0.4, -0.2) is 16.2 Å². The van der Waals surface area contributed by atoms with E-state index in [2.05, 4.69) is 108 Å². The van der Waals surface area contributed by atoms with Crippen LogP contribution in [0.1, 0.15) is 16.7 Å². The first-order valence-corrected chi connectivity index (χ1v) is 13.3. The van der Waals surface area contributed by atoms with Crippen molar-refractivity contribution in [3.05, 3.63) is 162 Å². The molecule has 6 aromatic carbocycles. The van der Waals surface area contributed by atoms with Crippen LogP contribution in [0.25, 0.3) is 33.0 Å². The molecule has 0 spiro atoms. The number of rotatable bonds is 5. The summed E-state index contributed by atoms with van der Waals surface area (Å²) in [6, 6.07) is 52.3. The lowest BCUT2D eigenvalue weighted by Gasteiger charge is -2.19. The van der Waals surface area contributed by atoms with Crippen LogP contribution in [0.4, 0.5) is 5.69 Å². The minimum atomic E-state index is 0.685. The molecular weight excluding hydrogens is 486 g/mol. The Labute approximate surface area is 233 Å². The Morgan fingerprint density at radius 1 is 0.500 bits per heavy atom. The highest BCUT2D eigenvalue weighted by atomic mass is 15.2. The molecule has 6 aromatic rings. The van der Waals surface area contributed by atoms with E-state index in [1.54, 1.807) is 0 Å². The Balaban J connectivity index is 1.24. The molecule has 3 nitrogen and oxygen atoms in total. The average molecular weight is 511 g/mol. The van der Waals surface area contributed by atoms with E-state index in [9.17, 15) is 5.26 Å². The van der Waals surface area contributed by atoms with Crippen molar-refractivity contribution < 1.29 is 4.58 Å². The largest absolute Gasteiger partial charge is 0.279 e. The molecule has 186 valence electrons. The summed E-state index contributed by atoms with van der Waals surface area (Å²) >= 11 is 0. The molecule has 1 heterocycles. The smallest absolute Gasteiger partial charge is 0.192 e. The van der Waals surface area contributed by atoms with Gasteiger partial charge in [-0.25, -0.2) is 0 Å². The maximum atomic E-state index is 9.56. The van der Waals surface area contributed by atoms with E-state index in [1.165, 1.54) is 5.39 Å². The number of nitriles is 1. The lowest BCUT2D eigenvalue weighted by molar-refractivity contribution is -0.319. The van der Waals surface area contributed by atoms with Gasteiger partial charge in [0.1, 0.15) is 5.69 Å². The summed E-state index contributed by atoms with van der Waals surface area (Å²) < 4.78 is 2.22. The monoisotopic (exact) mass is 510 g/mol. The minimum absolute atomic E-state index is 0.685. The molecule has 0 N–H and O–H groups in total. The third-order valence-corrected chi connectivity index (χ3v) is 7.36. The molecule has 40 heavy (non-hydrogen) atoms. The van der Waals surface area contributed by atoms with Crippen molar-refractivity contribution in [3.63, 3.8) is 0 Å². The van der Waals surface area contributed by atoms with Gasteiger partial charge in [-0.05, 0) is 87.6 Å². The van der Waals surface area contributed by atoms with Crippen LogP contribution < -0.4 is 0 Å². The van der Waals surface area contributed by atoms with Crippen molar-refractivity contribution in [3.8, 4) is 28.3 Å². The van der Waals surface area contributed by atoms with Gasteiger partial charge in [0.25, 0.3) is 11.7 Å². The van der Waals surface area contributed by atoms with Crippen molar-refractivity contribution >= 4 is 28.1 Å². The van der Waals surface area contributed by atoms with E-state index >= 15 is 0 Å². The molecule has 0 radical (unpaired) electrons. The van der Waals surface area contributed by atoms with Crippen molar-refractivity contribution in [2.45, 2.75) is 0 Å². The van der Waals surface area contributed by atoms with E-state index in [0.29, 0.717) is 5.56 Å². The topological polar surface area (TPSA) is 39.2 Å². The second-order valence-electron chi connectivity index (χ2n) is 9.81. The zero-order chi connectivity index (χ0) is 26.9. The number of hydrogen-bond acceptors (Lipinski definition) is 2. The van der Waals surface area contributed by atoms with Crippen LogP contribution in [0, 0.1) is 11.3 Å². The lowest BCUT2D eigenvalue weighted by atomic mass is 9.95. The quantitative estimate of drug-likeness (QED) is 0.214. The molecule has 7 rings (SSSR count). The molecule has 1 aliphatic rings. The number of fused-ring (bicyclic) bond motifs is 1. The Kier molecular flexibility index (Phi) is 5.85. The fourth-order valence-electron chi connectivity index (χ4n) is 5.29. The van der Waals surface area contributed by atoms with Gasteiger partial charge in [0.05, 0.1) is 22.8 Å². The van der Waals surface area contributed by atoms with Crippen molar-refractivity contribution in [2.75, 3.05) is 0 Å². The molecule has 0 fully saturated rings. The Morgan fingerprint density at radius 2 is 1.10 bits per heavy atom. The number of nitrogens with zero attached hydrogens (tertiary/aromatic N) is 3. The maximum absolute atomic E-state index is 9.56.